The first-order valence-corrected chi connectivity index (χ1v) is 7.46. The van der Waals surface area contributed by atoms with E-state index in [0.717, 1.165) is 27.4 Å². The number of halogens is 1. The highest BCUT2D eigenvalue weighted by Gasteiger charge is 2.18. The van der Waals surface area contributed by atoms with E-state index in [1.807, 2.05) is 18.2 Å². The smallest absolute Gasteiger partial charge is 0.249 e. The summed E-state index contributed by atoms with van der Waals surface area (Å²) in [7, 11) is 0. The highest BCUT2D eigenvalue weighted by molar-refractivity contribution is 6.36. The molecule has 1 amide bonds. The minimum atomic E-state index is -0.466. The summed E-state index contributed by atoms with van der Waals surface area (Å²) >= 11 is 6.43. The van der Waals surface area contributed by atoms with Crippen molar-refractivity contribution in [2.24, 2.45) is 5.73 Å². The first-order valence-electron chi connectivity index (χ1n) is 7.09. The van der Waals surface area contributed by atoms with Crippen LogP contribution in [0.4, 0.5) is 0 Å². The summed E-state index contributed by atoms with van der Waals surface area (Å²) in [6, 6.07) is 14.1. The number of amides is 1. The van der Waals surface area contributed by atoms with Crippen molar-refractivity contribution >= 4 is 39.3 Å². The normalized spacial score (nSPS) is 11.3. The fraction of sp³-hybridized carbons (Fsp3) is 0.0556. The molecule has 4 nitrogen and oxygen atoms in total. The summed E-state index contributed by atoms with van der Waals surface area (Å²) in [5.41, 5.74) is 8.74. The third-order valence-electron chi connectivity index (χ3n) is 3.96. The summed E-state index contributed by atoms with van der Waals surface area (Å²) in [5.74, 6) is -0.466. The standard InChI is InChI=1S/C18H12ClN2O2/c19-14-5-1-3-12-16-13(18(20)22)4-2-6-15(16)21(17(12)14)9-11-7-8-23-10-11/h1-2,4-8,10H,9H2,(H2,20,22). The molecule has 4 aromatic rings. The zero-order chi connectivity index (χ0) is 16.0. The summed E-state index contributed by atoms with van der Waals surface area (Å²) in [6.07, 6.45) is 3.32. The Labute approximate surface area is 137 Å². The Morgan fingerprint density at radius 2 is 2.17 bits per heavy atom. The molecule has 0 saturated carbocycles. The number of nitrogens with two attached hydrogens (primary N) is 1. The number of carbonyl (C=O) groups is 1. The molecule has 0 aliphatic carbocycles. The third-order valence-corrected chi connectivity index (χ3v) is 4.26. The lowest BCUT2D eigenvalue weighted by atomic mass is 10.1. The Hall–Kier alpha value is -2.72. The van der Waals surface area contributed by atoms with Gasteiger partial charge in [-0.05, 0) is 30.3 Å². The number of rotatable bonds is 3. The second kappa shape index (κ2) is 5.18. The van der Waals surface area contributed by atoms with E-state index in [-0.39, 0.29) is 0 Å². The van der Waals surface area contributed by atoms with Gasteiger partial charge < -0.3 is 14.7 Å². The lowest BCUT2D eigenvalue weighted by molar-refractivity contribution is 0.100. The molecule has 2 N–H and O–H groups in total. The van der Waals surface area contributed by atoms with Crippen LogP contribution >= 0.6 is 11.6 Å². The number of fused-ring (bicyclic) bond motifs is 3. The largest absolute Gasteiger partial charge is 0.472 e. The van der Waals surface area contributed by atoms with Crippen LogP contribution in [0.15, 0.2) is 53.3 Å². The van der Waals surface area contributed by atoms with Crippen molar-refractivity contribution in [1.29, 1.82) is 0 Å². The molecule has 1 radical (unpaired) electrons. The quantitative estimate of drug-likeness (QED) is 0.619. The predicted molar refractivity (Wildman–Crippen MR) is 89.6 cm³/mol. The molecular weight excluding hydrogens is 312 g/mol. The third kappa shape index (κ3) is 2.11. The van der Waals surface area contributed by atoms with Gasteiger partial charge in [0, 0.05) is 21.9 Å². The molecule has 4 rings (SSSR count). The van der Waals surface area contributed by atoms with Gasteiger partial charge in [0.15, 0.2) is 0 Å². The number of benzene rings is 2. The average molecular weight is 324 g/mol. The fourth-order valence-corrected chi connectivity index (χ4v) is 3.26. The van der Waals surface area contributed by atoms with Crippen molar-refractivity contribution in [1.82, 2.24) is 4.57 Å². The number of furan rings is 1. The van der Waals surface area contributed by atoms with Gasteiger partial charge >= 0.3 is 0 Å². The van der Waals surface area contributed by atoms with Crippen molar-refractivity contribution in [3.05, 3.63) is 71.1 Å². The number of aromatic nitrogens is 1. The molecule has 5 heteroatoms. The van der Waals surface area contributed by atoms with Crippen LogP contribution in [0, 0.1) is 6.07 Å². The maximum atomic E-state index is 11.8. The van der Waals surface area contributed by atoms with Crippen LogP contribution in [-0.4, -0.2) is 10.5 Å². The Kier molecular flexibility index (Phi) is 3.13. The number of hydrogen-bond acceptors (Lipinski definition) is 2. The maximum absolute atomic E-state index is 11.8. The van der Waals surface area contributed by atoms with Crippen molar-refractivity contribution in [2.75, 3.05) is 0 Å². The second-order valence-corrected chi connectivity index (χ2v) is 5.74. The van der Waals surface area contributed by atoms with Gasteiger partial charge in [-0.1, -0.05) is 23.7 Å². The Balaban J connectivity index is 2.14. The number of primary amides is 1. The van der Waals surface area contributed by atoms with E-state index in [4.69, 9.17) is 21.8 Å². The monoisotopic (exact) mass is 323 g/mol. The van der Waals surface area contributed by atoms with E-state index in [2.05, 4.69) is 10.6 Å². The summed E-state index contributed by atoms with van der Waals surface area (Å²) in [4.78, 5) is 11.8. The minimum Gasteiger partial charge on any atom is -0.472 e. The summed E-state index contributed by atoms with van der Waals surface area (Å²) in [5, 5.41) is 2.18. The summed E-state index contributed by atoms with van der Waals surface area (Å²) in [6.45, 7) is 0.580. The zero-order valence-electron chi connectivity index (χ0n) is 12.0. The van der Waals surface area contributed by atoms with Gasteiger partial charge in [0.1, 0.15) is 0 Å². The molecule has 2 aromatic heterocycles. The van der Waals surface area contributed by atoms with E-state index in [9.17, 15) is 4.79 Å². The molecule has 113 valence electrons. The van der Waals surface area contributed by atoms with E-state index in [1.165, 1.54) is 0 Å². The lowest BCUT2D eigenvalue weighted by Gasteiger charge is -2.07. The molecule has 23 heavy (non-hydrogen) atoms. The average Bonchev–Trinajstić information content (AvgIpc) is 3.15. The zero-order valence-corrected chi connectivity index (χ0v) is 12.8. The van der Waals surface area contributed by atoms with Gasteiger partial charge in [0.05, 0.1) is 35.1 Å². The Morgan fingerprint density at radius 1 is 1.30 bits per heavy atom. The van der Waals surface area contributed by atoms with Crippen molar-refractivity contribution in [3.63, 3.8) is 0 Å². The molecule has 2 heterocycles. The van der Waals surface area contributed by atoms with Crippen molar-refractivity contribution in [2.45, 2.75) is 6.54 Å². The molecule has 0 fully saturated rings. The van der Waals surface area contributed by atoms with E-state index < -0.39 is 5.91 Å². The first-order chi connectivity index (χ1) is 11.2. The molecule has 2 aromatic carbocycles. The molecule has 0 bridgehead atoms. The molecule has 0 unspecified atom stereocenters. The van der Waals surface area contributed by atoms with E-state index in [0.29, 0.717) is 17.1 Å². The van der Waals surface area contributed by atoms with E-state index in [1.54, 1.807) is 30.7 Å². The molecule has 0 atom stereocenters. The molecular formula is C18H12ClN2O2. The van der Waals surface area contributed by atoms with E-state index >= 15 is 0 Å². The van der Waals surface area contributed by atoms with Crippen LogP contribution in [0.25, 0.3) is 21.8 Å². The molecule has 0 spiro atoms. The SMILES string of the molecule is NC(=O)c1cccc2c1c1[c]ccc(Cl)c1n2Cc1ccoc1. The maximum Gasteiger partial charge on any atom is 0.249 e. The van der Waals surface area contributed by atoms with Crippen LogP contribution < -0.4 is 5.73 Å². The van der Waals surface area contributed by atoms with Crippen LogP contribution in [0.3, 0.4) is 0 Å². The molecule has 0 aliphatic rings. The van der Waals surface area contributed by atoms with Crippen LogP contribution in [0.2, 0.25) is 5.02 Å². The van der Waals surface area contributed by atoms with Gasteiger partial charge in [-0.15, -0.1) is 0 Å². The Bertz CT molecular complexity index is 1030. The van der Waals surface area contributed by atoms with Crippen LogP contribution in [-0.2, 0) is 6.54 Å². The van der Waals surface area contributed by atoms with Gasteiger partial charge in [0.25, 0.3) is 0 Å². The van der Waals surface area contributed by atoms with Crippen LogP contribution in [0.5, 0.6) is 0 Å². The second-order valence-electron chi connectivity index (χ2n) is 5.33. The number of nitrogens with zero attached hydrogens (tertiary/aromatic N) is 1. The highest BCUT2D eigenvalue weighted by atomic mass is 35.5. The Morgan fingerprint density at radius 3 is 2.91 bits per heavy atom. The predicted octanol–water partition coefficient (Wildman–Crippen LogP) is 3.99. The van der Waals surface area contributed by atoms with Crippen LogP contribution in [0.1, 0.15) is 15.9 Å². The number of carbonyl (C=O) groups excluding carboxylic acids is 1. The minimum absolute atomic E-state index is 0.466. The van der Waals surface area contributed by atoms with Gasteiger partial charge in [-0.2, -0.15) is 0 Å². The van der Waals surface area contributed by atoms with Gasteiger partial charge in [-0.3, -0.25) is 4.79 Å². The van der Waals surface area contributed by atoms with Crippen molar-refractivity contribution < 1.29 is 9.21 Å². The topological polar surface area (TPSA) is 61.2 Å². The van der Waals surface area contributed by atoms with Gasteiger partial charge in [-0.25, -0.2) is 0 Å². The fourth-order valence-electron chi connectivity index (χ4n) is 3.00. The highest BCUT2D eigenvalue weighted by Crippen LogP contribution is 2.35. The molecule has 0 saturated heterocycles. The lowest BCUT2D eigenvalue weighted by Crippen LogP contribution is -2.11. The van der Waals surface area contributed by atoms with Crippen molar-refractivity contribution in [3.8, 4) is 0 Å². The molecule has 0 aliphatic heterocycles. The number of hydrogen-bond donors (Lipinski definition) is 1. The first kappa shape index (κ1) is 13.9. The summed E-state index contributed by atoms with van der Waals surface area (Å²) < 4.78 is 7.21. The van der Waals surface area contributed by atoms with Gasteiger partial charge in [0.2, 0.25) is 5.91 Å².